The molecule has 0 aromatic rings. The molecule has 47 valence electrons. The van der Waals surface area contributed by atoms with Gasteiger partial charge in [0.15, 0.2) is 0 Å². The second-order valence-corrected chi connectivity index (χ2v) is 3.93. The Labute approximate surface area is 51.5 Å². The summed E-state index contributed by atoms with van der Waals surface area (Å²) in [5.74, 6) is 0. The predicted octanol–water partition coefficient (Wildman–Crippen LogP) is -2.51. The van der Waals surface area contributed by atoms with Crippen molar-refractivity contribution in [1.82, 2.24) is 0 Å². The van der Waals surface area contributed by atoms with Crippen molar-refractivity contribution in [1.29, 1.82) is 0 Å². The van der Waals surface area contributed by atoms with Crippen LogP contribution in [0.3, 0.4) is 0 Å². The third kappa shape index (κ3) is 10.8. The average Bonchev–Trinajstić information content (AvgIpc) is 1.35. The minimum atomic E-state index is -4.77. The first kappa shape index (κ1) is 10.7. The summed E-state index contributed by atoms with van der Waals surface area (Å²) in [5, 5.41) is 0. The first-order chi connectivity index (χ1) is 2.56. The zero-order chi connectivity index (χ0) is 5.21. The zero-order valence-electron chi connectivity index (χ0n) is 3.01. The van der Waals surface area contributed by atoms with Crippen LogP contribution in [0.2, 0.25) is 0 Å². The van der Waals surface area contributed by atoms with E-state index in [1.807, 2.05) is 0 Å². The van der Waals surface area contributed by atoms with Crippen LogP contribution in [-0.4, -0.2) is 28.2 Å². The van der Waals surface area contributed by atoms with Crippen LogP contribution in [0.5, 0.6) is 0 Å². The number of rotatable bonds is 1. The molecule has 0 rings (SSSR count). The van der Waals surface area contributed by atoms with Gasteiger partial charge in [0.25, 0.3) is 0 Å². The van der Waals surface area contributed by atoms with Gasteiger partial charge in [0.2, 0.25) is 0 Å². The van der Waals surface area contributed by atoms with Crippen molar-refractivity contribution in [3.05, 3.63) is 0 Å². The van der Waals surface area contributed by atoms with Gasteiger partial charge in [-0.2, -0.15) is 0 Å². The molecule has 0 saturated heterocycles. The fraction of sp³-hybridized carbons (Fsp3) is 0. The van der Waals surface area contributed by atoms with Crippen LogP contribution < -0.4 is 0 Å². The van der Waals surface area contributed by atoms with Gasteiger partial charge in [0, 0.05) is 0 Å². The van der Waals surface area contributed by atoms with E-state index in [4.69, 9.17) is 8.19 Å². The van der Waals surface area contributed by atoms with Crippen molar-refractivity contribution in [2.24, 2.45) is 0 Å². The van der Waals surface area contributed by atoms with E-state index in [0.717, 1.165) is 0 Å². The van der Waals surface area contributed by atoms with E-state index in [2.05, 4.69) is 19.2 Å². The molecule has 0 fully saturated rings. The van der Waals surface area contributed by atoms with Gasteiger partial charge in [-0.05, 0) is 0 Å². The summed E-state index contributed by atoms with van der Waals surface area (Å²) in [6.07, 6.45) is 0. The molecule has 4 N–H and O–H groups in total. The molecule has 0 aliphatic rings. The van der Waals surface area contributed by atoms with Crippen molar-refractivity contribution < 1.29 is 36.6 Å². The Bertz CT molecular complexity index is 72.1. The Hall–Kier alpha value is 0.718. The second-order valence-electron chi connectivity index (χ2n) is 0.555. The van der Waals surface area contributed by atoms with Crippen molar-refractivity contribution >= 4 is 14.5 Å². The molecule has 0 aromatic heterocycles. The SMILES string of the molecule is O.O=[As](O)(O)[O][Fe]. The number of hydrogen-bond acceptors (Lipinski definition) is 2. The molecule has 0 aromatic carbocycles. The summed E-state index contributed by atoms with van der Waals surface area (Å²) in [6.45, 7) is 0. The van der Waals surface area contributed by atoms with Crippen molar-refractivity contribution in [3.63, 3.8) is 0 Å². The van der Waals surface area contributed by atoms with Gasteiger partial charge in [0.1, 0.15) is 0 Å². The maximum absolute atomic E-state index is 9.47. The normalized spacial score (nSPS) is 10.1. The van der Waals surface area contributed by atoms with Gasteiger partial charge >= 0.3 is 45.6 Å². The Balaban J connectivity index is 0. The Morgan fingerprint density at radius 2 is 1.71 bits per heavy atom. The molecule has 0 atom stereocenters. The molecule has 0 unspecified atom stereocenters. The van der Waals surface area contributed by atoms with Crippen molar-refractivity contribution in [2.45, 2.75) is 0 Å². The molecule has 7 heteroatoms. The van der Waals surface area contributed by atoms with Crippen molar-refractivity contribution in [2.75, 3.05) is 0 Å². The third-order valence-corrected chi connectivity index (χ3v) is 1.80. The zero-order valence-corrected chi connectivity index (χ0v) is 5.99. The van der Waals surface area contributed by atoms with E-state index in [9.17, 15) is 3.74 Å². The summed E-state index contributed by atoms with van der Waals surface area (Å²) < 4.78 is 28.3. The monoisotopic (exact) mass is 215 g/mol. The van der Waals surface area contributed by atoms with Crippen LogP contribution >= 0.6 is 0 Å². The fourth-order valence-electron chi connectivity index (χ4n) is 0. The van der Waals surface area contributed by atoms with Crippen LogP contribution in [0.1, 0.15) is 0 Å². The van der Waals surface area contributed by atoms with E-state index in [0.29, 0.717) is 0 Å². The average molecular weight is 215 g/mol. The summed E-state index contributed by atoms with van der Waals surface area (Å²) >= 11 is -2.25. The molecule has 0 spiro atoms. The molecule has 7 heavy (non-hydrogen) atoms. The van der Waals surface area contributed by atoms with Crippen molar-refractivity contribution in [3.8, 4) is 0 Å². The van der Waals surface area contributed by atoms with E-state index >= 15 is 0 Å². The Morgan fingerprint density at radius 1 is 1.57 bits per heavy atom. The first-order valence-corrected chi connectivity index (χ1v) is 4.57. The molecule has 0 radical (unpaired) electrons. The quantitative estimate of drug-likeness (QED) is 0.471. The topological polar surface area (TPSA) is 98.3 Å². The minimum absolute atomic E-state index is 0. The van der Waals surface area contributed by atoms with Gasteiger partial charge in [-0.1, -0.05) is 0 Å². The Morgan fingerprint density at radius 3 is 1.71 bits per heavy atom. The summed E-state index contributed by atoms with van der Waals surface area (Å²) in [5.41, 5.74) is 0. The molecular formula is H4AsFeO5. The number of hydrogen-bond donors (Lipinski definition) is 2. The van der Waals surface area contributed by atoms with Crippen LogP contribution in [0.4, 0.5) is 0 Å². The second kappa shape index (κ2) is 3.69. The van der Waals surface area contributed by atoms with Gasteiger partial charge < -0.3 is 5.48 Å². The summed E-state index contributed by atoms with van der Waals surface area (Å²) in [4.78, 5) is 0. The van der Waals surface area contributed by atoms with Gasteiger partial charge in [0.05, 0.1) is 0 Å². The molecular weight excluding hydrogens is 211 g/mol. The maximum atomic E-state index is 9.47. The molecule has 0 saturated carbocycles. The predicted molar refractivity (Wildman–Crippen MR) is 15.6 cm³/mol. The molecule has 5 nitrogen and oxygen atoms in total. The molecule has 0 aliphatic heterocycles. The van der Waals surface area contributed by atoms with Crippen LogP contribution in [0.25, 0.3) is 0 Å². The third-order valence-electron chi connectivity index (χ3n) is 0.0841. The Kier molecular flexibility index (Phi) is 5.61. The van der Waals surface area contributed by atoms with E-state index in [-0.39, 0.29) is 5.48 Å². The van der Waals surface area contributed by atoms with E-state index in [1.54, 1.807) is 0 Å². The summed E-state index contributed by atoms with van der Waals surface area (Å²) in [6, 6.07) is 0. The molecule has 0 heterocycles. The van der Waals surface area contributed by atoms with Gasteiger partial charge in [-0.25, -0.2) is 0 Å². The summed E-state index contributed by atoms with van der Waals surface area (Å²) in [7, 11) is 0. The molecule has 0 amide bonds. The van der Waals surface area contributed by atoms with E-state index < -0.39 is 14.5 Å². The fourth-order valence-corrected chi connectivity index (χ4v) is 0. The molecule has 0 aliphatic carbocycles. The van der Waals surface area contributed by atoms with Crippen LogP contribution in [0, 0.1) is 0 Å². The van der Waals surface area contributed by atoms with Crippen LogP contribution in [-0.2, 0) is 22.9 Å². The molecule has 0 bridgehead atoms. The van der Waals surface area contributed by atoms with E-state index in [1.165, 1.54) is 0 Å². The van der Waals surface area contributed by atoms with Gasteiger partial charge in [-0.15, -0.1) is 0 Å². The van der Waals surface area contributed by atoms with Crippen LogP contribution in [0.15, 0.2) is 0 Å². The van der Waals surface area contributed by atoms with Gasteiger partial charge in [-0.3, -0.25) is 0 Å². The standard InChI is InChI=1S/AsH3O4.Fe.H2O/c2-1(3,4)5;;/h(H3,2,3,4,5);;1H2/q;+1;/p-1. The first-order valence-electron chi connectivity index (χ1n) is 0.909.